The lowest BCUT2D eigenvalue weighted by atomic mass is 9.95. The Morgan fingerprint density at radius 2 is 2.18 bits per heavy atom. The lowest BCUT2D eigenvalue weighted by molar-refractivity contribution is -0.122. The molecule has 5 heteroatoms. The highest BCUT2D eigenvalue weighted by Gasteiger charge is 2.16. The molecule has 1 N–H and O–H groups in total. The first-order chi connectivity index (χ1) is 8.16. The fraction of sp³-hybridized carbons (Fsp3) is 0.667. The summed E-state index contributed by atoms with van der Waals surface area (Å²) in [6, 6.07) is 0.311. The molecule has 1 aliphatic carbocycles. The van der Waals surface area contributed by atoms with Gasteiger partial charge in [-0.15, -0.1) is 0 Å². The van der Waals surface area contributed by atoms with E-state index in [9.17, 15) is 9.59 Å². The van der Waals surface area contributed by atoms with Gasteiger partial charge in [0.05, 0.1) is 0 Å². The topological polar surface area (TPSA) is 51.1 Å². The van der Waals surface area contributed by atoms with Crippen LogP contribution < -0.4 is 10.2 Å². The number of carbonyl (C=O) groups excluding carboxylic acids is 1. The van der Waals surface area contributed by atoms with E-state index in [1.165, 1.54) is 23.8 Å². The normalized spacial score (nSPS) is 17.0. The molecule has 1 aliphatic rings. The number of nitrogens with zero attached hydrogens (tertiary/aromatic N) is 1. The average molecular weight is 254 g/mol. The Hall–Kier alpha value is -1.10. The Balaban J connectivity index is 1.91. The summed E-state index contributed by atoms with van der Waals surface area (Å²) in [4.78, 5) is 23.2. The second-order valence-electron chi connectivity index (χ2n) is 4.63. The predicted octanol–water partition coefficient (Wildman–Crippen LogP) is 1.67. The Morgan fingerprint density at radius 3 is 2.76 bits per heavy atom. The van der Waals surface area contributed by atoms with Gasteiger partial charge in [0.2, 0.25) is 5.91 Å². The molecule has 0 radical (unpaired) electrons. The van der Waals surface area contributed by atoms with E-state index in [1.807, 2.05) is 6.92 Å². The molecule has 1 aromatic rings. The minimum Gasteiger partial charge on any atom is -0.352 e. The number of aromatic nitrogens is 1. The zero-order valence-electron chi connectivity index (χ0n) is 10.1. The Bertz CT molecular complexity index is 444. The van der Waals surface area contributed by atoms with Gasteiger partial charge in [-0.25, -0.2) is 0 Å². The van der Waals surface area contributed by atoms with Crippen LogP contribution in [0.5, 0.6) is 0 Å². The van der Waals surface area contributed by atoms with Crippen LogP contribution in [0.3, 0.4) is 0 Å². The molecule has 1 aromatic heterocycles. The summed E-state index contributed by atoms with van der Waals surface area (Å²) < 4.78 is 1.53. The van der Waals surface area contributed by atoms with Gasteiger partial charge >= 0.3 is 4.87 Å². The molecular weight excluding hydrogens is 236 g/mol. The number of hydrogen-bond acceptors (Lipinski definition) is 3. The average Bonchev–Trinajstić information content (AvgIpc) is 2.62. The SMILES string of the molecule is Cc1csc(=O)n1CC(=O)NC1CCCCC1. The summed E-state index contributed by atoms with van der Waals surface area (Å²) >= 11 is 1.15. The minimum atomic E-state index is -0.0544. The first-order valence-corrected chi connectivity index (χ1v) is 6.99. The fourth-order valence-corrected chi connectivity index (χ4v) is 2.99. The summed E-state index contributed by atoms with van der Waals surface area (Å²) in [6.45, 7) is 2.01. The summed E-state index contributed by atoms with van der Waals surface area (Å²) in [5, 5.41) is 4.81. The van der Waals surface area contributed by atoms with Crippen LogP contribution in [0.15, 0.2) is 10.2 Å². The van der Waals surface area contributed by atoms with Gasteiger partial charge < -0.3 is 5.32 Å². The molecule has 0 unspecified atom stereocenters. The molecule has 94 valence electrons. The van der Waals surface area contributed by atoms with E-state index in [2.05, 4.69) is 5.32 Å². The molecule has 1 saturated carbocycles. The van der Waals surface area contributed by atoms with E-state index in [0.29, 0.717) is 6.04 Å². The van der Waals surface area contributed by atoms with Crippen LogP contribution in [-0.4, -0.2) is 16.5 Å². The zero-order valence-corrected chi connectivity index (χ0v) is 10.9. The second kappa shape index (κ2) is 5.49. The number of carbonyl (C=O) groups is 1. The first-order valence-electron chi connectivity index (χ1n) is 6.11. The summed E-state index contributed by atoms with van der Waals surface area (Å²) in [6.07, 6.45) is 5.81. The zero-order chi connectivity index (χ0) is 12.3. The lowest BCUT2D eigenvalue weighted by Crippen LogP contribution is -2.39. The van der Waals surface area contributed by atoms with Gasteiger partial charge in [0.25, 0.3) is 0 Å². The highest BCUT2D eigenvalue weighted by atomic mass is 32.1. The smallest absolute Gasteiger partial charge is 0.307 e. The highest BCUT2D eigenvalue weighted by Crippen LogP contribution is 2.17. The minimum absolute atomic E-state index is 0.0412. The number of hydrogen-bond donors (Lipinski definition) is 1. The standard InChI is InChI=1S/C12H18N2O2S/c1-9-8-17-12(16)14(9)7-11(15)13-10-5-3-2-4-6-10/h8,10H,2-7H2,1H3,(H,13,15). The maximum absolute atomic E-state index is 11.8. The van der Waals surface area contributed by atoms with Crippen LogP contribution in [0.25, 0.3) is 0 Å². The van der Waals surface area contributed by atoms with Crippen molar-refractivity contribution < 1.29 is 4.79 Å². The van der Waals surface area contributed by atoms with E-state index in [0.717, 1.165) is 29.9 Å². The molecule has 0 atom stereocenters. The van der Waals surface area contributed by atoms with Crippen molar-refractivity contribution >= 4 is 17.2 Å². The quantitative estimate of drug-likeness (QED) is 0.892. The van der Waals surface area contributed by atoms with Crippen molar-refractivity contribution in [2.75, 3.05) is 0 Å². The van der Waals surface area contributed by atoms with Gasteiger partial charge in [0.1, 0.15) is 6.54 Å². The van der Waals surface area contributed by atoms with Crippen molar-refractivity contribution in [1.29, 1.82) is 0 Å². The van der Waals surface area contributed by atoms with Crippen LogP contribution in [0, 0.1) is 6.92 Å². The Morgan fingerprint density at radius 1 is 1.47 bits per heavy atom. The molecular formula is C12H18N2O2S. The van der Waals surface area contributed by atoms with Crippen LogP contribution in [0.4, 0.5) is 0 Å². The molecule has 0 spiro atoms. The third kappa shape index (κ3) is 3.19. The third-order valence-electron chi connectivity index (χ3n) is 3.25. The van der Waals surface area contributed by atoms with Crippen molar-refractivity contribution in [3.8, 4) is 0 Å². The van der Waals surface area contributed by atoms with Gasteiger partial charge in [0, 0.05) is 17.1 Å². The largest absolute Gasteiger partial charge is 0.352 e. The van der Waals surface area contributed by atoms with E-state index in [1.54, 1.807) is 5.38 Å². The maximum Gasteiger partial charge on any atom is 0.307 e. The van der Waals surface area contributed by atoms with E-state index in [4.69, 9.17) is 0 Å². The van der Waals surface area contributed by atoms with Crippen molar-refractivity contribution in [2.45, 2.75) is 51.6 Å². The second-order valence-corrected chi connectivity index (χ2v) is 5.45. The van der Waals surface area contributed by atoms with Gasteiger partial charge in [-0.2, -0.15) is 0 Å². The van der Waals surface area contributed by atoms with E-state index < -0.39 is 0 Å². The molecule has 0 saturated heterocycles. The number of aryl methyl sites for hydroxylation is 1. The lowest BCUT2D eigenvalue weighted by Gasteiger charge is -2.22. The number of amides is 1. The first kappa shape index (κ1) is 12.4. The Kier molecular flexibility index (Phi) is 3.99. The number of rotatable bonds is 3. The highest BCUT2D eigenvalue weighted by molar-refractivity contribution is 7.07. The van der Waals surface area contributed by atoms with Crippen molar-refractivity contribution in [2.24, 2.45) is 0 Å². The molecule has 0 aromatic carbocycles. The van der Waals surface area contributed by atoms with Crippen molar-refractivity contribution in [1.82, 2.24) is 9.88 Å². The molecule has 1 heterocycles. The molecule has 17 heavy (non-hydrogen) atoms. The molecule has 0 bridgehead atoms. The van der Waals surface area contributed by atoms with Gasteiger partial charge in [0.15, 0.2) is 0 Å². The van der Waals surface area contributed by atoms with Crippen LogP contribution in [-0.2, 0) is 11.3 Å². The summed E-state index contributed by atoms with van der Waals surface area (Å²) in [7, 11) is 0. The molecule has 4 nitrogen and oxygen atoms in total. The number of nitrogens with one attached hydrogen (secondary N) is 1. The van der Waals surface area contributed by atoms with Crippen LogP contribution in [0.1, 0.15) is 37.8 Å². The third-order valence-corrected chi connectivity index (χ3v) is 4.13. The van der Waals surface area contributed by atoms with E-state index in [-0.39, 0.29) is 17.3 Å². The monoisotopic (exact) mass is 254 g/mol. The molecule has 2 rings (SSSR count). The predicted molar refractivity (Wildman–Crippen MR) is 68.3 cm³/mol. The summed E-state index contributed by atoms with van der Waals surface area (Å²) in [5.74, 6) is -0.0412. The Labute approximate surface area is 105 Å². The van der Waals surface area contributed by atoms with E-state index >= 15 is 0 Å². The molecule has 1 fully saturated rings. The maximum atomic E-state index is 11.8. The van der Waals surface area contributed by atoms with Gasteiger partial charge in [-0.1, -0.05) is 30.6 Å². The summed E-state index contributed by atoms with van der Waals surface area (Å²) in [5.41, 5.74) is 0.860. The van der Waals surface area contributed by atoms with Crippen molar-refractivity contribution in [3.63, 3.8) is 0 Å². The number of thiazole rings is 1. The van der Waals surface area contributed by atoms with Gasteiger partial charge in [-0.05, 0) is 19.8 Å². The molecule has 0 aliphatic heterocycles. The molecule has 1 amide bonds. The van der Waals surface area contributed by atoms with Crippen LogP contribution in [0.2, 0.25) is 0 Å². The van der Waals surface area contributed by atoms with Gasteiger partial charge in [-0.3, -0.25) is 14.2 Å². The van der Waals surface area contributed by atoms with Crippen molar-refractivity contribution in [3.05, 3.63) is 20.7 Å². The fourth-order valence-electron chi connectivity index (χ4n) is 2.26. The van der Waals surface area contributed by atoms with Crippen LogP contribution >= 0.6 is 11.3 Å².